The van der Waals surface area contributed by atoms with Gasteiger partial charge in [-0.3, -0.25) is 0 Å². The zero-order valence-electron chi connectivity index (χ0n) is 5.93. The van der Waals surface area contributed by atoms with Crippen LogP contribution in [0.5, 0.6) is 0 Å². The summed E-state index contributed by atoms with van der Waals surface area (Å²) >= 11 is 0. The molecule has 1 N–H and O–H groups in total. The molecule has 1 aliphatic carbocycles. The second-order valence-corrected chi connectivity index (χ2v) is 3.12. The predicted octanol–water partition coefficient (Wildman–Crippen LogP) is 1.72. The van der Waals surface area contributed by atoms with Gasteiger partial charge in [-0.05, 0) is 32.1 Å². The van der Waals surface area contributed by atoms with Gasteiger partial charge in [0.15, 0.2) is 0 Å². The molecule has 0 aromatic heterocycles. The van der Waals surface area contributed by atoms with Gasteiger partial charge < -0.3 is 5.11 Å². The van der Waals surface area contributed by atoms with Gasteiger partial charge in [0.25, 0.3) is 0 Å². The minimum Gasteiger partial charge on any atom is -0.390 e. The Labute approximate surface area is 56.4 Å². The average Bonchev–Trinajstić information content (AvgIpc) is 2.41. The Bertz CT molecular complexity index is 112. The van der Waals surface area contributed by atoms with Crippen molar-refractivity contribution < 1.29 is 5.11 Å². The summed E-state index contributed by atoms with van der Waals surface area (Å²) in [7, 11) is 0. The van der Waals surface area contributed by atoms with Crippen LogP contribution in [0.25, 0.3) is 0 Å². The molecule has 9 heavy (non-hydrogen) atoms. The molecule has 1 aliphatic rings. The fraction of sp³-hybridized carbons (Fsp3) is 0.750. The normalized spacial score (nSPS) is 25.1. The molecule has 0 bridgehead atoms. The first kappa shape index (κ1) is 6.81. The molecule has 1 heteroatoms. The summed E-state index contributed by atoms with van der Waals surface area (Å²) in [5.41, 5.74) is -0.457. The predicted molar refractivity (Wildman–Crippen MR) is 38.2 cm³/mol. The largest absolute Gasteiger partial charge is 0.390 e. The van der Waals surface area contributed by atoms with Gasteiger partial charge in [0.2, 0.25) is 0 Å². The van der Waals surface area contributed by atoms with Crippen molar-refractivity contribution in [2.45, 2.75) is 31.8 Å². The van der Waals surface area contributed by atoms with E-state index in [9.17, 15) is 5.11 Å². The fourth-order valence-corrected chi connectivity index (χ4v) is 1.16. The first-order valence-electron chi connectivity index (χ1n) is 3.50. The Morgan fingerprint density at radius 2 is 2.33 bits per heavy atom. The van der Waals surface area contributed by atoms with Gasteiger partial charge >= 0.3 is 0 Å². The van der Waals surface area contributed by atoms with Crippen LogP contribution in [0, 0.1) is 5.92 Å². The maximum atomic E-state index is 9.58. The van der Waals surface area contributed by atoms with Crippen LogP contribution in [-0.4, -0.2) is 10.7 Å². The maximum Gasteiger partial charge on any atom is 0.0681 e. The Morgan fingerprint density at radius 3 is 2.67 bits per heavy atom. The van der Waals surface area contributed by atoms with E-state index in [2.05, 4.69) is 6.58 Å². The Hall–Kier alpha value is -0.300. The Balaban J connectivity index is 2.38. The molecule has 0 amide bonds. The number of hydrogen-bond acceptors (Lipinski definition) is 1. The van der Waals surface area contributed by atoms with Crippen LogP contribution in [0.4, 0.5) is 0 Å². The quantitative estimate of drug-likeness (QED) is 0.571. The second-order valence-electron chi connectivity index (χ2n) is 3.12. The molecule has 1 unspecified atom stereocenters. The van der Waals surface area contributed by atoms with Gasteiger partial charge in [-0.1, -0.05) is 6.08 Å². The number of rotatable bonds is 3. The van der Waals surface area contributed by atoms with E-state index in [0.29, 0.717) is 5.92 Å². The summed E-state index contributed by atoms with van der Waals surface area (Å²) in [6, 6.07) is 0. The topological polar surface area (TPSA) is 20.2 Å². The number of hydrogen-bond donors (Lipinski definition) is 1. The molecular formula is C8H14O. The van der Waals surface area contributed by atoms with Crippen LogP contribution in [0.15, 0.2) is 12.7 Å². The lowest BCUT2D eigenvalue weighted by Gasteiger charge is -2.20. The monoisotopic (exact) mass is 126 g/mol. The smallest absolute Gasteiger partial charge is 0.0681 e. The highest BCUT2D eigenvalue weighted by molar-refractivity contribution is 4.95. The lowest BCUT2D eigenvalue weighted by atomic mass is 9.97. The Kier molecular flexibility index (Phi) is 1.62. The van der Waals surface area contributed by atoms with Gasteiger partial charge in [0, 0.05) is 0 Å². The van der Waals surface area contributed by atoms with Crippen molar-refractivity contribution in [1.82, 2.24) is 0 Å². The van der Waals surface area contributed by atoms with Crippen molar-refractivity contribution in [2.24, 2.45) is 5.92 Å². The summed E-state index contributed by atoms with van der Waals surface area (Å²) in [6.07, 6.45) is 4.91. The van der Waals surface area contributed by atoms with E-state index in [1.54, 1.807) is 6.08 Å². The van der Waals surface area contributed by atoms with Crippen LogP contribution in [-0.2, 0) is 0 Å². The first-order chi connectivity index (χ1) is 4.17. The molecule has 0 aliphatic heterocycles. The van der Waals surface area contributed by atoms with E-state index in [1.165, 1.54) is 12.8 Å². The average molecular weight is 126 g/mol. The van der Waals surface area contributed by atoms with Crippen molar-refractivity contribution in [3.05, 3.63) is 12.7 Å². The second kappa shape index (κ2) is 2.14. The third-order valence-electron chi connectivity index (χ3n) is 2.01. The molecule has 1 nitrogen and oxygen atoms in total. The summed E-state index contributed by atoms with van der Waals surface area (Å²) in [5.74, 6) is 0.551. The molecule has 1 rings (SSSR count). The number of aliphatic hydroxyl groups is 1. The molecule has 0 heterocycles. The summed E-state index contributed by atoms with van der Waals surface area (Å²) < 4.78 is 0. The van der Waals surface area contributed by atoms with Crippen molar-refractivity contribution in [3.8, 4) is 0 Å². The molecule has 0 saturated heterocycles. The van der Waals surface area contributed by atoms with Crippen molar-refractivity contribution >= 4 is 0 Å². The fourth-order valence-electron chi connectivity index (χ4n) is 1.16. The summed E-state index contributed by atoms with van der Waals surface area (Å²) in [6.45, 7) is 5.49. The van der Waals surface area contributed by atoms with Crippen LogP contribution in [0.3, 0.4) is 0 Å². The van der Waals surface area contributed by atoms with Gasteiger partial charge in [0.05, 0.1) is 5.60 Å². The molecule has 1 atom stereocenters. The van der Waals surface area contributed by atoms with Crippen molar-refractivity contribution in [1.29, 1.82) is 0 Å². The maximum absolute atomic E-state index is 9.58. The first-order valence-corrected chi connectivity index (χ1v) is 3.50. The summed E-state index contributed by atoms with van der Waals surface area (Å²) in [5, 5.41) is 9.58. The zero-order valence-corrected chi connectivity index (χ0v) is 5.93. The lowest BCUT2D eigenvalue weighted by Crippen LogP contribution is -2.25. The molecule has 0 aromatic rings. The molecule has 1 fully saturated rings. The molecule has 0 spiro atoms. The van der Waals surface area contributed by atoms with E-state index in [-0.39, 0.29) is 0 Å². The third kappa shape index (κ3) is 1.55. The minimum absolute atomic E-state index is 0.457. The van der Waals surface area contributed by atoms with Gasteiger partial charge in [0.1, 0.15) is 0 Å². The molecule has 52 valence electrons. The van der Waals surface area contributed by atoms with Crippen LogP contribution >= 0.6 is 0 Å². The zero-order chi connectivity index (χ0) is 6.91. The van der Waals surface area contributed by atoms with Gasteiger partial charge in [-0.25, -0.2) is 0 Å². The molecule has 0 aromatic carbocycles. The van der Waals surface area contributed by atoms with Crippen molar-refractivity contribution in [2.75, 3.05) is 0 Å². The third-order valence-corrected chi connectivity index (χ3v) is 2.01. The molecule has 1 saturated carbocycles. The van der Waals surface area contributed by atoms with E-state index in [1.807, 2.05) is 6.92 Å². The SMILES string of the molecule is C=CCC(C)(O)C1CC1. The van der Waals surface area contributed by atoms with Crippen LogP contribution in [0.2, 0.25) is 0 Å². The van der Waals surface area contributed by atoms with Gasteiger partial charge in [-0.15, -0.1) is 6.58 Å². The molecular weight excluding hydrogens is 112 g/mol. The standard InChI is InChI=1S/C8H14O/c1-3-6-8(2,9)7-4-5-7/h3,7,9H,1,4-6H2,2H3. The highest BCUT2D eigenvalue weighted by Gasteiger charge is 2.38. The highest BCUT2D eigenvalue weighted by atomic mass is 16.3. The minimum atomic E-state index is -0.457. The van der Waals surface area contributed by atoms with Crippen LogP contribution < -0.4 is 0 Å². The lowest BCUT2D eigenvalue weighted by molar-refractivity contribution is 0.0400. The van der Waals surface area contributed by atoms with Crippen LogP contribution in [0.1, 0.15) is 26.2 Å². The van der Waals surface area contributed by atoms with Gasteiger partial charge in [-0.2, -0.15) is 0 Å². The highest BCUT2D eigenvalue weighted by Crippen LogP contribution is 2.41. The molecule has 0 radical (unpaired) electrons. The van der Waals surface area contributed by atoms with E-state index >= 15 is 0 Å². The van der Waals surface area contributed by atoms with E-state index < -0.39 is 5.60 Å². The van der Waals surface area contributed by atoms with E-state index in [0.717, 1.165) is 6.42 Å². The van der Waals surface area contributed by atoms with Crippen molar-refractivity contribution in [3.63, 3.8) is 0 Å². The van der Waals surface area contributed by atoms with E-state index in [4.69, 9.17) is 0 Å². The Morgan fingerprint density at radius 1 is 1.78 bits per heavy atom. The summed E-state index contributed by atoms with van der Waals surface area (Å²) in [4.78, 5) is 0.